The molecule has 0 aliphatic rings. The van der Waals surface area contributed by atoms with Crippen LogP contribution in [0.3, 0.4) is 0 Å². The third-order valence-electron chi connectivity index (χ3n) is 3.51. The van der Waals surface area contributed by atoms with E-state index < -0.39 is 10.9 Å². The number of benzene rings is 2. The fourth-order valence-electron chi connectivity index (χ4n) is 2.19. The Morgan fingerprint density at radius 1 is 1.22 bits per heavy atom. The molecule has 0 saturated carbocycles. The van der Waals surface area contributed by atoms with Crippen LogP contribution in [0.2, 0.25) is 0 Å². The van der Waals surface area contributed by atoms with Crippen LogP contribution in [0.4, 0.5) is 5.69 Å². The lowest BCUT2D eigenvalue weighted by Crippen LogP contribution is -2.15. The third kappa shape index (κ3) is 4.92. The SMILES string of the molecule is O=C(CSc1nc2ccc([N+](=O)[O-])cc2[nH]1)OCC(=O)c1ccc(Br)cc1. The van der Waals surface area contributed by atoms with Gasteiger partial charge in [-0.1, -0.05) is 39.8 Å². The summed E-state index contributed by atoms with van der Waals surface area (Å²) in [7, 11) is 0. The summed E-state index contributed by atoms with van der Waals surface area (Å²) in [6, 6.07) is 11.0. The average molecular weight is 450 g/mol. The highest BCUT2D eigenvalue weighted by Gasteiger charge is 2.13. The summed E-state index contributed by atoms with van der Waals surface area (Å²) >= 11 is 4.37. The van der Waals surface area contributed by atoms with E-state index in [0.717, 1.165) is 16.2 Å². The largest absolute Gasteiger partial charge is 0.457 e. The van der Waals surface area contributed by atoms with Gasteiger partial charge in [0, 0.05) is 22.2 Å². The summed E-state index contributed by atoms with van der Waals surface area (Å²) in [6.45, 7) is -0.340. The number of non-ortho nitro benzene ring substituents is 1. The Balaban J connectivity index is 1.53. The van der Waals surface area contributed by atoms with Crippen LogP contribution in [0.15, 0.2) is 52.1 Å². The van der Waals surface area contributed by atoms with Gasteiger partial charge in [-0.2, -0.15) is 0 Å². The first kappa shape index (κ1) is 19.1. The van der Waals surface area contributed by atoms with Crippen LogP contribution < -0.4 is 0 Å². The van der Waals surface area contributed by atoms with Gasteiger partial charge in [-0.25, -0.2) is 4.98 Å². The maximum absolute atomic E-state index is 12.0. The molecule has 0 atom stereocenters. The number of nitrogens with zero attached hydrogens (tertiary/aromatic N) is 2. The lowest BCUT2D eigenvalue weighted by molar-refractivity contribution is -0.384. The van der Waals surface area contributed by atoms with Crippen molar-refractivity contribution in [1.82, 2.24) is 9.97 Å². The molecule has 0 spiro atoms. The van der Waals surface area contributed by atoms with Crippen LogP contribution in [0.25, 0.3) is 11.0 Å². The van der Waals surface area contributed by atoms with Gasteiger partial charge in [0.1, 0.15) is 0 Å². The van der Waals surface area contributed by atoms with Crippen LogP contribution in [-0.4, -0.2) is 39.0 Å². The Morgan fingerprint density at radius 2 is 1.96 bits per heavy atom. The van der Waals surface area contributed by atoms with Gasteiger partial charge in [-0.05, 0) is 18.2 Å². The Labute approximate surface area is 165 Å². The minimum Gasteiger partial charge on any atom is -0.457 e. The molecule has 1 aromatic heterocycles. The summed E-state index contributed by atoms with van der Waals surface area (Å²) < 4.78 is 5.83. The molecule has 0 bridgehead atoms. The fourth-order valence-corrected chi connectivity index (χ4v) is 3.14. The number of fused-ring (bicyclic) bond motifs is 1. The number of H-pyrrole nitrogens is 1. The summed E-state index contributed by atoms with van der Waals surface area (Å²) in [5.74, 6) is -0.899. The summed E-state index contributed by atoms with van der Waals surface area (Å²) in [5.41, 5.74) is 1.47. The molecule has 0 amide bonds. The molecule has 27 heavy (non-hydrogen) atoms. The topological polar surface area (TPSA) is 115 Å². The van der Waals surface area contributed by atoms with Gasteiger partial charge < -0.3 is 9.72 Å². The van der Waals surface area contributed by atoms with Gasteiger partial charge in [0.15, 0.2) is 17.5 Å². The quantitative estimate of drug-likeness (QED) is 0.192. The lowest BCUT2D eigenvalue weighted by Gasteiger charge is -2.04. The van der Waals surface area contributed by atoms with Gasteiger partial charge in [0.2, 0.25) is 0 Å². The van der Waals surface area contributed by atoms with Crippen molar-refractivity contribution < 1.29 is 19.2 Å². The molecule has 0 saturated heterocycles. The van der Waals surface area contributed by atoms with Gasteiger partial charge in [0.05, 0.1) is 21.7 Å². The van der Waals surface area contributed by atoms with E-state index in [1.54, 1.807) is 24.3 Å². The number of halogens is 1. The number of esters is 1. The molecule has 1 heterocycles. The number of ether oxygens (including phenoxy) is 1. The number of aromatic nitrogens is 2. The summed E-state index contributed by atoms with van der Waals surface area (Å²) in [4.78, 5) is 41.2. The number of hydrogen-bond acceptors (Lipinski definition) is 7. The second-order valence-electron chi connectivity index (χ2n) is 5.38. The minimum absolute atomic E-state index is 0.0461. The molecular weight excluding hydrogens is 438 g/mol. The molecule has 8 nitrogen and oxygen atoms in total. The maximum atomic E-state index is 12.0. The molecule has 3 aromatic rings. The molecule has 0 fully saturated rings. The normalized spacial score (nSPS) is 10.7. The van der Waals surface area contributed by atoms with E-state index in [1.807, 2.05) is 0 Å². The van der Waals surface area contributed by atoms with Crippen molar-refractivity contribution in [2.45, 2.75) is 5.16 Å². The number of rotatable bonds is 7. The number of thioether (sulfide) groups is 1. The number of Topliss-reactive ketones (excluding diaryl/α,β-unsaturated/α-hetero) is 1. The van der Waals surface area contributed by atoms with Crippen LogP contribution in [0, 0.1) is 10.1 Å². The smallest absolute Gasteiger partial charge is 0.316 e. The van der Waals surface area contributed by atoms with Crippen molar-refractivity contribution in [2.75, 3.05) is 12.4 Å². The molecular formula is C17H12BrN3O5S. The van der Waals surface area contributed by atoms with Gasteiger partial charge >= 0.3 is 5.97 Å². The van der Waals surface area contributed by atoms with Gasteiger partial charge in [0.25, 0.3) is 5.69 Å². The van der Waals surface area contributed by atoms with Crippen LogP contribution in [0.5, 0.6) is 0 Å². The zero-order chi connectivity index (χ0) is 19.4. The highest BCUT2D eigenvalue weighted by molar-refractivity contribution is 9.10. The van der Waals surface area contributed by atoms with Crippen LogP contribution in [-0.2, 0) is 9.53 Å². The molecule has 0 aliphatic heterocycles. The van der Waals surface area contributed by atoms with Gasteiger partial charge in [-0.15, -0.1) is 0 Å². The van der Waals surface area contributed by atoms with Crippen molar-refractivity contribution in [2.24, 2.45) is 0 Å². The van der Waals surface area contributed by atoms with E-state index in [4.69, 9.17) is 4.74 Å². The fraction of sp³-hybridized carbons (Fsp3) is 0.118. The molecule has 3 rings (SSSR count). The first-order chi connectivity index (χ1) is 12.9. The molecule has 138 valence electrons. The molecule has 0 radical (unpaired) electrons. The number of aromatic amines is 1. The number of nitro benzene ring substituents is 1. The number of imidazole rings is 1. The first-order valence-electron chi connectivity index (χ1n) is 7.64. The summed E-state index contributed by atoms with van der Waals surface area (Å²) in [6.07, 6.45) is 0. The minimum atomic E-state index is -0.558. The molecule has 1 N–H and O–H groups in total. The van der Waals surface area contributed by atoms with Crippen molar-refractivity contribution in [3.8, 4) is 0 Å². The zero-order valence-electron chi connectivity index (χ0n) is 13.7. The zero-order valence-corrected chi connectivity index (χ0v) is 16.1. The Kier molecular flexibility index (Phi) is 5.87. The molecule has 0 aliphatic carbocycles. The number of nitrogens with one attached hydrogen (secondary N) is 1. The highest BCUT2D eigenvalue weighted by Crippen LogP contribution is 2.23. The predicted molar refractivity (Wildman–Crippen MR) is 103 cm³/mol. The van der Waals surface area contributed by atoms with E-state index in [0.29, 0.717) is 21.8 Å². The third-order valence-corrected chi connectivity index (χ3v) is 4.89. The van der Waals surface area contributed by atoms with Crippen LogP contribution in [0.1, 0.15) is 10.4 Å². The van der Waals surface area contributed by atoms with Crippen molar-refractivity contribution in [1.29, 1.82) is 0 Å². The average Bonchev–Trinajstić information content (AvgIpc) is 3.07. The van der Waals surface area contributed by atoms with Crippen molar-refractivity contribution in [3.63, 3.8) is 0 Å². The standard InChI is InChI=1S/C17H12BrN3O5S/c18-11-3-1-10(2-4-11)15(22)8-26-16(23)9-27-17-19-13-6-5-12(21(24)25)7-14(13)20-17/h1-7H,8-9H2,(H,19,20). The number of carbonyl (C=O) groups excluding carboxylic acids is 2. The number of carbonyl (C=O) groups is 2. The predicted octanol–water partition coefficient (Wildman–Crippen LogP) is 3.75. The molecule has 2 aromatic carbocycles. The second kappa shape index (κ2) is 8.31. The van der Waals surface area contributed by atoms with E-state index in [-0.39, 0.29) is 23.8 Å². The maximum Gasteiger partial charge on any atom is 0.316 e. The van der Waals surface area contributed by atoms with Crippen molar-refractivity contribution >= 4 is 56.2 Å². The Bertz CT molecular complexity index is 1020. The molecule has 10 heteroatoms. The van der Waals surface area contributed by atoms with E-state index in [2.05, 4.69) is 25.9 Å². The van der Waals surface area contributed by atoms with E-state index >= 15 is 0 Å². The lowest BCUT2D eigenvalue weighted by atomic mass is 10.1. The Morgan fingerprint density at radius 3 is 2.67 bits per heavy atom. The number of nitro groups is 1. The van der Waals surface area contributed by atoms with E-state index in [1.165, 1.54) is 18.2 Å². The molecule has 0 unspecified atom stereocenters. The van der Waals surface area contributed by atoms with Crippen LogP contribution >= 0.6 is 27.7 Å². The van der Waals surface area contributed by atoms with Gasteiger partial charge in [-0.3, -0.25) is 19.7 Å². The monoisotopic (exact) mass is 449 g/mol. The second-order valence-corrected chi connectivity index (χ2v) is 7.26. The number of ketones is 1. The van der Waals surface area contributed by atoms with Crippen molar-refractivity contribution in [3.05, 3.63) is 62.6 Å². The summed E-state index contributed by atoms with van der Waals surface area (Å²) in [5, 5.41) is 11.2. The van der Waals surface area contributed by atoms with E-state index in [9.17, 15) is 19.7 Å². The Hall–Kier alpha value is -2.72. The number of hydrogen-bond donors (Lipinski definition) is 1. The highest BCUT2D eigenvalue weighted by atomic mass is 79.9. The first-order valence-corrected chi connectivity index (χ1v) is 9.41.